The van der Waals surface area contributed by atoms with Crippen LogP contribution in [0.2, 0.25) is 0 Å². The van der Waals surface area contributed by atoms with E-state index in [2.05, 4.69) is 4.98 Å². The van der Waals surface area contributed by atoms with Crippen LogP contribution in [0.15, 0.2) is 29.2 Å². The van der Waals surface area contributed by atoms with Crippen molar-refractivity contribution >= 4 is 22.7 Å². The second-order valence-electron chi connectivity index (χ2n) is 6.85. The average Bonchev–Trinajstić information content (AvgIpc) is 3.04. The molecule has 4 rings (SSSR count). The molecule has 0 spiro atoms. The second-order valence-corrected chi connectivity index (χ2v) is 6.85. The fraction of sp³-hybridized carbons (Fsp3) is 0.389. The number of likely N-dealkylation sites (tertiary alicyclic amines) is 2. The molecule has 0 bridgehead atoms. The molecular weight excluding hydrogens is 325 g/mol. The summed E-state index contributed by atoms with van der Waals surface area (Å²) in [5, 5.41) is 0.151. The maximum Gasteiger partial charge on any atom is 0.259 e. The summed E-state index contributed by atoms with van der Waals surface area (Å²) in [6, 6.07) is 3.86. The molecule has 0 radical (unpaired) electrons. The number of fused-ring (bicyclic) bond motifs is 2. The number of nitrogens with zero attached hydrogens (tertiary/aromatic N) is 2. The number of pyridine rings is 1. The lowest BCUT2D eigenvalue weighted by molar-refractivity contribution is -0.137. The Hall–Kier alpha value is -2.70. The van der Waals surface area contributed by atoms with Gasteiger partial charge in [0.1, 0.15) is 11.4 Å². The number of hydrogen-bond acceptors (Lipinski definition) is 3. The van der Waals surface area contributed by atoms with Crippen molar-refractivity contribution in [1.82, 2.24) is 14.8 Å². The third kappa shape index (κ3) is 2.50. The lowest BCUT2D eigenvalue weighted by Gasteiger charge is -2.30. The SMILES string of the molecule is CN1CC[C@@H]2CN(C(=O)c3c[nH]c4ccc(F)cc4c3=O)C[C@@H]2C1=O. The van der Waals surface area contributed by atoms with E-state index in [0.29, 0.717) is 25.2 Å². The van der Waals surface area contributed by atoms with E-state index in [0.717, 1.165) is 12.5 Å². The van der Waals surface area contributed by atoms with Crippen molar-refractivity contribution in [3.05, 3.63) is 46.0 Å². The number of benzene rings is 1. The van der Waals surface area contributed by atoms with Crippen LogP contribution in [-0.2, 0) is 4.79 Å². The number of amides is 2. The Bertz CT molecular complexity index is 939. The van der Waals surface area contributed by atoms with Gasteiger partial charge in [-0.25, -0.2) is 4.39 Å². The van der Waals surface area contributed by atoms with Gasteiger partial charge in [-0.15, -0.1) is 0 Å². The van der Waals surface area contributed by atoms with Crippen molar-refractivity contribution in [1.29, 1.82) is 0 Å². The van der Waals surface area contributed by atoms with Gasteiger partial charge in [-0.3, -0.25) is 14.4 Å². The molecule has 2 aliphatic rings. The maximum atomic E-state index is 13.4. The lowest BCUT2D eigenvalue weighted by atomic mass is 9.88. The summed E-state index contributed by atoms with van der Waals surface area (Å²) in [4.78, 5) is 43.8. The molecule has 0 saturated carbocycles. The molecule has 2 saturated heterocycles. The zero-order chi connectivity index (χ0) is 17.7. The number of halogens is 1. The molecule has 1 N–H and O–H groups in total. The zero-order valence-electron chi connectivity index (χ0n) is 13.8. The molecule has 0 aliphatic carbocycles. The Kier molecular flexibility index (Phi) is 3.59. The number of carbonyl (C=O) groups is 2. The molecule has 6 nitrogen and oxygen atoms in total. The molecule has 1 aromatic heterocycles. The summed E-state index contributed by atoms with van der Waals surface area (Å²) in [6.45, 7) is 1.49. The van der Waals surface area contributed by atoms with Crippen LogP contribution < -0.4 is 5.43 Å². The standard InChI is InChI=1S/C18H18FN3O3/c1-21-5-4-10-8-22(9-14(10)17(21)24)18(25)13-7-20-15-3-2-11(19)6-12(15)16(13)23/h2-3,6-7,10,14H,4-5,8-9H2,1H3,(H,20,23)/t10-,14+/m1/s1. The van der Waals surface area contributed by atoms with E-state index in [-0.39, 0.29) is 28.7 Å². The number of aromatic nitrogens is 1. The minimum Gasteiger partial charge on any atom is -0.360 e. The number of hydrogen-bond donors (Lipinski definition) is 1. The molecule has 1 aromatic carbocycles. The summed E-state index contributed by atoms with van der Waals surface area (Å²) in [6.07, 6.45) is 2.23. The van der Waals surface area contributed by atoms with Crippen LogP contribution >= 0.6 is 0 Å². The second kappa shape index (κ2) is 5.68. The Morgan fingerprint density at radius 1 is 1.28 bits per heavy atom. The third-order valence-electron chi connectivity index (χ3n) is 5.33. The van der Waals surface area contributed by atoms with Crippen LogP contribution in [0.1, 0.15) is 16.8 Å². The van der Waals surface area contributed by atoms with Crippen LogP contribution in [0.3, 0.4) is 0 Å². The van der Waals surface area contributed by atoms with Crippen molar-refractivity contribution in [2.45, 2.75) is 6.42 Å². The van der Waals surface area contributed by atoms with Crippen molar-refractivity contribution in [3.8, 4) is 0 Å². The molecule has 0 unspecified atom stereocenters. The molecule has 25 heavy (non-hydrogen) atoms. The highest BCUT2D eigenvalue weighted by Crippen LogP contribution is 2.32. The minimum absolute atomic E-state index is 0.0162. The number of piperidine rings is 1. The van der Waals surface area contributed by atoms with Gasteiger partial charge >= 0.3 is 0 Å². The van der Waals surface area contributed by atoms with Crippen LogP contribution in [0.4, 0.5) is 4.39 Å². The normalized spacial score (nSPS) is 23.2. The predicted octanol–water partition coefficient (Wildman–Crippen LogP) is 1.22. The molecule has 2 aliphatic heterocycles. The van der Waals surface area contributed by atoms with E-state index in [4.69, 9.17) is 0 Å². The highest BCUT2D eigenvalue weighted by atomic mass is 19.1. The molecule has 2 atom stereocenters. The molecule has 2 fully saturated rings. The van der Waals surface area contributed by atoms with Gasteiger partial charge in [-0.2, -0.15) is 0 Å². The van der Waals surface area contributed by atoms with Gasteiger partial charge in [-0.1, -0.05) is 0 Å². The third-order valence-corrected chi connectivity index (χ3v) is 5.33. The van der Waals surface area contributed by atoms with Crippen LogP contribution in [-0.4, -0.2) is 53.3 Å². The minimum atomic E-state index is -0.525. The molecular formula is C18H18FN3O3. The van der Waals surface area contributed by atoms with Crippen LogP contribution in [0.25, 0.3) is 10.9 Å². The zero-order valence-corrected chi connectivity index (χ0v) is 13.8. The fourth-order valence-electron chi connectivity index (χ4n) is 3.88. The highest BCUT2D eigenvalue weighted by molar-refractivity contribution is 5.97. The summed E-state index contributed by atoms with van der Waals surface area (Å²) in [5.41, 5.74) is -0.0241. The fourth-order valence-corrected chi connectivity index (χ4v) is 3.88. The Morgan fingerprint density at radius 2 is 2.08 bits per heavy atom. The van der Waals surface area contributed by atoms with Gasteiger partial charge in [0.2, 0.25) is 11.3 Å². The van der Waals surface area contributed by atoms with Crippen LogP contribution in [0, 0.1) is 17.7 Å². The van der Waals surface area contributed by atoms with Gasteiger partial charge < -0.3 is 14.8 Å². The highest BCUT2D eigenvalue weighted by Gasteiger charge is 2.43. The van der Waals surface area contributed by atoms with Crippen molar-refractivity contribution < 1.29 is 14.0 Å². The first-order chi connectivity index (χ1) is 12.0. The molecule has 3 heterocycles. The van der Waals surface area contributed by atoms with Crippen molar-refractivity contribution in [3.63, 3.8) is 0 Å². The van der Waals surface area contributed by atoms with E-state index in [1.165, 1.54) is 18.3 Å². The van der Waals surface area contributed by atoms with Gasteiger partial charge in [0.15, 0.2) is 0 Å². The molecule has 2 aromatic rings. The number of aromatic amines is 1. The van der Waals surface area contributed by atoms with E-state index in [1.54, 1.807) is 16.8 Å². The summed E-state index contributed by atoms with van der Waals surface area (Å²) < 4.78 is 13.4. The summed E-state index contributed by atoms with van der Waals surface area (Å²) >= 11 is 0. The maximum absolute atomic E-state index is 13.4. The first-order valence-corrected chi connectivity index (χ1v) is 8.31. The van der Waals surface area contributed by atoms with Crippen molar-refractivity contribution in [2.24, 2.45) is 11.8 Å². The van der Waals surface area contributed by atoms with E-state index < -0.39 is 17.2 Å². The monoisotopic (exact) mass is 343 g/mol. The van der Waals surface area contributed by atoms with Crippen molar-refractivity contribution in [2.75, 3.05) is 26.7 Å². The smallest absolute Gasteiger partial charge is 0.259 e. The largest absolute Gasteiger partial charge is 0.360 e. The van der Waals surface area contributed by atoms with Gasteiger partial charge in [0.05, 0.1) is 5.92 Å². The first kappa shape index (κ1) is 15.8. The average molecular weight is 343 g/mol. The number of H-pyrrole nitrogens is 1. The predicted molar refractivity (Wildman–Crippen MR) is 89.7 cm³/mol. The van der Waals surface area contributed by atoms with E-state index in [9.17, 15) is 18.8 Å². The van der Waals surface area contributed by atoms with E-state index in [1.807, 2.05) is 0 Å². The molecule has 2 amide bonds. The Balaban J connectivity index is 1.66. The number of carbonyl (C=O) groups excluding carboxylic acids is 2. The van der Waals surface area contributed by atoms with Gasteiger partial charge in [-0.05, 0) is 30.5 Å². The summed E-state index contributed by atoms with van der Waals surface area (Å²) in [5.74, 6) is -0.925. The quantitative estimate of drug-likeness (QED) is 0.846. The Morgan fingerprint density at radius 3 is 2.88 bits per heavy atom. The number of rotatable bonds is 1. The number of nitrogens with one attached hydrogen (secondary N) is 1. The Labute approximate surface area is 143 Å². The molecule has 7 heteroatoms. The van der Waals surface area contributed by atoms with Crippen LogP contribution in [0.5, 0.6) is 0 Å². The van der Waals surface area contributed by atoms with Gasteiger partial charge in [0, 0.05) is 43.8 Å². The van der Waals surface area contributed by atoms with Gasteiger partial charge in [0.25, 0.3) is 5.91 Å². The lowest BCUT2D eigenvalue weighted by Crippen LogP contribution is -2.42. The topological polar surface area (TPSA) is 73.5 Å². The van der Waals surface area contributed by atoms with E-state index >= 15 is 0 Å². The summed E-state index contributed by atoms with van der Waals surface area (Å²) in [7, 11) is 1.77. The first-order valence-electron chi connectivity index (χ1n) is 8.31. The molecule has 130 valence electrons.